The molecule has 1 N–H and O–H groups in total. The molecule has 1 aliphatic rings. The molecule has 0 bridgehead atoms. The fraction of sp³-hybridized carbons (Fsp3) is 0.348. The summed E-state index contributed by atoms with van der Waals surface area (Å²) in [5, 5.41) is 2.80. The van der Waals surface area contributed by atoms with Gasteiger partial charge in [0, 0.05) is 0 Å². The molecule has 3 amide bonds. The Morgan fingerprint density at radius 3 is 2.07 bits per heavy atom. The van der Waals surface area contributed by atoms with Gasteiger partial charge in [0.05, 0.1) is 17.7 Å². The number of carbonyl (C=O) groups excluding carboxylic acids is 3. The van der Waals surface area contributed by atoms with Gasteiger partial charge in [0.2, 0.25) is 5.91 Å². The van der Waals surface area contributed by atoms with Gasteiger partial charge in [0.1, 0.15) is 18.4 Å². The predicted molar refractivity (Wildman–Crippen MR) is 110 cm³/mol. The Kier molecular flexibility index (Phi) is 6.01. The molecule has 0 saturated heterocycles. The highest BCUT2D eigenvalue weighted by molar-refractivity contribution is 6.22. The number of ether oxygens (including phenoxy) is 1. The number of fused-ring (bicyclic) bond motifs is 1. The van der Waals surface area contributed by atoms with Gasteiger partial charge in [0.15, 0.2) is 0 Å². The molecule has 6 nitrogen and oxygen atoms in total. The zero-order valence-electron chi connectivity index (χ0n) is 17.2. The van der Waals surface area contributed by atoms with Crippen LogP contribution in [0, 0.1) is 19.8 Å². The van der Waals surface area contributed by atoms with Gasteiger partial charge in [-0.05, 0) is 55.2 Å². The largest absolute Gasteiger partial charge is 0.492 e. The number of rotatable bonds is 7. The van der Waals surface area contributed by atoms with Crippen molar-refractivity contribution < 1.29 is 19.1 Å². The smallest absolute Gasteiger partial charge is 0.262 e. The summed E-state index contributed by atoms with van der Waals surface area (Å²) < 4.78 is 5.71. The fourth-order valence-electron chi connectivity index (χ4n) is 3.64. The predicted octanol–water partition coefficient (Wildman–Crippen LogP) is 3.12. The summed E-state index contributed by atoms with van der Waals surface area (Å²) in [6, 6.07) is 11.7. The molecule has 0 fully saturated rings. The molecule has 0 aliphatic carbocycles. The molecular weight excluding hydrogens is 368 g/mol. The van der Waals surface area contributed by atoms with E-state index in [0.717, 1.165) is 21.8 Å². The summed E-state index contributed by atoms with van der Waals surface area (Å²) in [4.78, 5) is 39.4. The Bertz CT molecular complexity index is 896. The number of nitrogens with zero attached hydrogens (tertiary/aromatic N) is 1. The molecular formula is C23H26N2O4. The topological polar surface area (TPSA) is 75.7 Å². The van der Waals surface area contributed by atoms with Crippen LogP contribution in [0.3, 0.4) is 0 Å². The van der Waals surface area contributed by atoms with Crippen molar-refractivity contribution in [1.29, 1.82) is 0 Å². The van der Waals surface area contributed by atoms with E-state index in [-0.39, 0.29) is 18.4 Å². The van der Waals surface area contributed by atoms with Gasteiger partial charge in [0.25, 0.3) is 11.8 Å². The number of benzene rings is 2. The number of imide groups is 1. The van der Waals surface area contributed by atoms with Crippen molar-refractivity contribution in [3.05, 3.63) is 64.7 Å². The molecule has 1 heterocycles. The molecule has 1 aliphatic heterocycles. The standard InChI is InChI=1S/C23H26N2O4/c1-14(2)20(25-22(27)18-7-5-6-8-19(18)23(25)28)21(26)24-9-10-29-17-12-15(3)11-16(4)13-17/h5-8,11-14,20H,9-10H2,1-4H3,(H,24,26). The van der Waals surface area contributed by atoms with Gasteiger partial charge in [-0.25, -0.2) is 0 Å². The minimum Gasteiger partial charge on any atom is -0.492 e. The second kappa shape index (κ2) is 8.47. The first-order valence-corrected chi connectivity index (χ1v) is 9.75. The van der Waals surface area contributed by atoms with Crippen molar-refractivity contribution in [2.24, 2.45) is 5.92 Å². The van der Waals surface area contributed by atoms with E-state index in [2.05, 4.69) is 11.4 Å². The maximum absolute atomic E-state index is 12.8. The highest BCUT2D eigenvalue weighted by atomic mass is 16.5. The molecule has 0 saturated carbocycles. The average Bonchev–Trinajstić information content (AvgIpc) is 2.90. The van der Waals surface area contributed by atoms with Crippen LogP contribution in [0.4, 0.5) is 0 Å². The van der Waals surface area contributed by atoms with Gasteiger partial charge in [-0.3, -0.25) is 19.3 Å². The number of aryl methyl sites for hydroxylation is 2. The Morgan fingerprint density at radius 2 is 1.55 bits per heavy atom. The Balaban J connectivity index is 1.63. The van der Waals surface area contributed by atoms with Crippen LogP contribution < -0.4 is 10.1 Å². The number of amides is 3. The summed E-state index contributed by atoms with van der Waals surface area (Å²) in [5.74, 6) is -0.689. The molecule has 6 heteroatoms. The zero-order valence-corrected chi connectivity index (χ0v) is 17.2. The van der Waals surface area contributed by atoms with Crippen LogP contribution in [0.25, 0.3) is 0 Å². The second-order valence-electron chi connectivity index (χ2n) is 7.68. The molecule has 2 aromatic carbocycles. The van der Waals surface area contributed by atoms with E-state index in [1.807, 2.05) is 39.8 Å². The molecule has 1 atom stereocenters. The van der Waals surface area contributed by atoms with E-state index in [1.165, 1.54) is 0 Å². The molecule has 2 aromatic rings. The lowest BCUT2D eigenvalue weighted by Crippen LogP contribution is -2.52. The highest BCUT2D eigenvalue weighted by Crippen LogP contribution is 2.27. The van der Waals surface area contributed by atoms with Gasteiger partial charge in [-0.2, -0.15) is 0 Å². The third-order valence-corrected chi connectivity index (χ3v) is 4.87. The Labute approximate surface area is 170 Å². The number of hydrogen-bond donors (Lipinski definition) is 1. The van der Waals surface area contributed by atoms with E-state index in [1.54, 1.807) is 24.3 Å². The first-order valence-electron chi connectivity index (χ1n) is 9.75. The lowest BCUT2D eigenvalue weighted by molar-refractivity contribution is -0.126. The molecule has 0 radical (unpaired) electrons. The minimum atomic E-state index is -0.872. The van der Waals surface area contributed by atoms with Crippen LogP contribution in [-0.4, -0.2) is 41.8 Å². The van der Waals surface area contributed by atoms with Crippen molar-refractivity contribution in [3.8, 4) is 5.75 Å². The summed E-state index contributed by atoms with van der Waals surface area (Å²) in [5.41, 5.74) is 2.90. The molecule has 3 rings (SSSR count). The van der Waals surface area contributed by atoms with E-state index in [0.29, 0.717) is 17.7 Å². The van der Waals surface area contributed by atoms with E-state index < -0.39 is 17.9 Å². The lowest BCUT2D eigenvalue weighted by atomic mass is 10.0. The lowest BCUT2D eigenvalue weighted by Gasteiger charge is -2.28. The first kappa shape index (κ1) is 20.6. The SMILES string of the molecule is Cc1cc(C)cc(OCCNC(=O)C(C(C)C)N2C(=O)c3ccccc3C2=O)c1. The molecule has 0 spiro atoms. The summed E-state index contributed by atoms with van der Waals surface area (Å²) in [6.07, 6.45) is 0. The van der Waals surface area contributed by atoms with Crippen molar-refractivity contribution in [3.63, 3.8) is 0 Å². The maximum Gasteiger partial charge on any atom is 0.262 e. The molecule has 0 aromatic heterocycles. The van der Waals surface area contributed by atoms with Crippen LogP contribution in [0.5, 0.6) is 5.75 Å². The first-order chi connectivity index (χ1) is 13.8. The van der Waals surface area contributed by atoms with Crippen LogP contribution >= 0.6 is 0 Å². The monoisotopic (exact) mass is 394 g/mol. The van der Waals surface area contributed by atoms with Crippen molar-refractivity contribution in [1.82, 2.24) is 10.2 Å². The number of nitrogens with one attached hydrogen (secondary N) is 1. The van der Waals surface area contributed by atoms with Gasteiger partial charge in [-0.1, -0.05) is 32.0 Å². The quantitative estimate of drug-likeness (QED) is 0.578. The Morgan fingerprint density at radius 1 is 1.00 bits per heavy atom. The molecule has 152 valence electrons. The van der Waals surface area contributed by atoms with E-state index in [9.17, 15) is 14.4 Å². The summed E-state index contributed by atoms with van der Waals surface area (Å²) in [6.45, 7) is 8.20. The minimum absolute atomic E-state index is 0.224. The van der Waals surface area contributed by atoms with Gasteiger partial charge >= 0.3 is 0 Å². The zero-order chi connectivity index (χ0) is 21.1. The number of hydrogen-bond acceptors (Lipinski definition) is 4. The highest BCUT2D eigenvalue weighted by Gasteiger charge is 2.43. The van der Waals surface area contributed by atoms with Crippen molar-refractivity contribution in [2.45, 2.75) is 33.7 Å². The van der Waals surface area contributed by atoms with Crippen molar-refractivity contribution >= 4 is 17.7 Å². The maximum atomic E-state index is 12.8. The third kappa shape index (κ3) is 4.31. The fourth-order valence-corrected chi connectivity index (χ4v) is 3.64. The molecule has 29 heavy (non-hydrogen) atoms. The third-order valence-electron chi connectivity index (χ3n) is 4.87. The van der Waals surface area contributed by atoms with Crippen LogP contribution in [0.15, 0.2) is 42.5 Å². The van der Waals surface area contributed by atoms with Crippen LogP contribution in [0.2, 0.25) is 0 Å². The van der Waals surface area contributed by atoms with Gasteiger partial charge < -0.3 is 10.1 Å². The normalized spacial score (nSPS) is 14.2. The molecule has 1 unspecified atom stereocenters. The number of carbonyl (C=O) groups is 3. The van der Waals surface area contributed by atoms with Crippen molar-refractivity contribution in [2.75, 3.05) is 13.2 Å². The van der Waals surface area contributed by atoms with Gasteiger partial charge in [-0.15, -0.1) is 0 Å². The van der Waals surface area contributed by atoms with E-state index in [4.69, 9.17) is 4.74 Å². The summed E-state index contributed by atoms with van der Waals surface area (Å²) >= 11 is 0. The Hall–Kier alpha value is -3.15. The van der Waals surface area contributed by atoms with E-state index >= 15 is 0 Å². The average molecular weight is 394 g/mol. The summed E-state index contributed by atoms with van der Waals surface area (Å²) in [7, 11) is 0. The second-order valence-corrected chi connectivity index (χ2v) is 7.68. The van der Waals surface area contributed by atoms with Crippen LogP contribution in [0.1, 0.15) is 45.7 Å². The van der Waals surface area contributed by atoms with Crippen LogP contribution in [-0.2, 0) is 4.79 Å².